The molecule has 0 spiro atoms. The van der Waals surface area contributed by atoms with Crippen LogP contribution in [0, 0.1) is 0 Å². The van der Waals surface area contributed by atoms with Crippen LogP contribution in [-0.2, 0) is 6.42 Å². The minimum atomic E-state index is 1.12. The summed E-state index contributed by atoms with van der Waals surface area (Å²) in [5.41, 5.74) is 1.35. The summed E-state index contributed by atoms with van der Waals surface area (Å²) in [6.45, 7) is 1.12. The van der Waals surface area contributed by atoms with Gasteiger partial charge in [-0.25, -0.2) is 4.98 Å². The van der Waals surface area contributed by atoms with E-state index in [4.69, 9.17) is 0 Å². The molecule has 64 valence electrons. The predicted molar refractivity (Wildman–Crippen MR) is 53.5 cm³/mol. The Kier molecular flexibility index (Phi) is 2.05. The molecule has 1 aromatic heterocycles. The Labute approximate surface area is 80.7 Å². The summed E-state index contributed by atoms with van der Waals surface area (Å²) in [6.07, 6.45) is 4.23. The second-order valence-corrected chi connectivity index (χ2v) is 3.97. The van der Waals surface area contributed by atoms with Crippen molar-refractivity contribution in [2.24, 2.45) is 0 Å². The highest BCUT2D eigenvalue weighted by molar-refractivity contribution is 9.10. The molecule has 0 atom stereocenters. The van der Waals surface area contributed by atoms with E-state index >= 15 is 0 Å². The Morgan fingerprint density at radius 2 is 2.42 bits per heavy atom. The van der Waals surface area contributed by atoms with Crippen molar-refractivity contribution in [3.63, 3.8) is 0 Å². The molecule has 12 heavy (non-hydrogen) atoms. The summed E-state index contributed by atoms with van der Waals surface area (Å²) in [4.78, 5) is 6.57. The molecule has 0 radical (unpaired) electrons. The average Bonchev–Trinajstić information content (AvgIpc) is 2.07. The summed E-state index contributed by atoms with van der Waals surface area (Å²) >= 11 is 3.54. The lowest BCUT2D eigenvalue weighted by molar-refractivity contribution is 0.727. The van der Waals surface area contributed by atoms with Gasteiger partial charge in [0, 0.05) is 29.8 Å². The van der Waals surface area contributed by atoms with Gasteiger partial charge in [-0.3, -0.25) is 0 Å². The topological polar surface area (TPSA) is 16.1 Å². The maximum absolute atomic E-state index is 4.36. The largest absolute Gasteiger partial charge is 0.359 e. The van der Waals surface area contributed by atoms with E-state index < -0.39 is 0 Å². The van der Waals surface area contributed by atoms with Crippen LogP contribution in [0.5, 0.6) is 0 Å². The molecule has 2 heterocycles. The lowest BCUT2D eigenvalue weighted by Crippen LogP contribution is -2.25. The van der Waals surface area contributed by atoms with E-state index in [0.717, 1.165) is 18.8 Å². The average molecular weight is 227 g/mol. The molecule has 0 aromatic carbocycles. The number of nitrogens with zero attached hydrogens (tertiary/aromatic N) is 2. The fraction of sp³-hybridized carbons (Fsp3) is 0.444. The predicted octanol–water partition coefficient (Wildman–Crippen LogP) is 2.23. The molecule has 0 N–H and O–H groups in total. The van der Waals surface area contributed by atoms with Gasteiger partial charge in [-0.1, -0.05) is 15.9 Å². The van der Waals surface area contributed by atoms with E-state index in [1.165, 1.54) is 16.5 Å². The van der Waals surface area contributed by atoms with Crippen molar-refractivity contribution in [3.05, 3.63) is 22.3 Å². The Bertz CT molecular complexity index is 299. The van der Waals surface area contributed by atoms with E-state index in [9.17, 15) is 0 Å². The summed E-state index contributed by atoms with van der Waals surface area (Å²) in [5.74, 6) is 1.13. The minimum Gasteiger partial charge on any atom is -0.359 e. The Hall–Kier alpha value is -0.570. The van der Waals surface area contributed by atoms with Gasteiger partial charge in [0.2, 0.25) is 0 Å². The SMILES string of the molecule is CN1CCCc2c(Br)ccnc21. The summed E-state index contributed by atoms with van der Waals surface area (Å²) < 4.78 is 1.19. The van der Waals surface area contributed by atoms with Crippen LogP contribution in [0.25, 0.3) is 0 Å². The van der Waals surface area contributed by atoms with Crippen molar-refractivity contribution in [1.82, 2.24) is 4.98 Å². The highest BCUT2D eigenvalue weighted by Crippen LogP contribution is 2.29. The normalized spacial score (nSPS) is 16.0. The van der Waals surface area contributed by atoms with E-state index in [1.807, 2.05) is 12.3 Å². The molecular weight excluding hydrogens is 216 g/mol. The van der Waals surface area contributed by atoms with Gasteiger partial charge in [0.25, 0.3) is 0 Å². The van der Waals surface area contributed by atoms with Crippen LogP contribution in [0.3, 0.4) is 0 Å². The van der Waals surface area contributed by atoms with Gasteiger partial charge < -0.3 is 4.90 Å². The summed E-state index contributed by atoms with van der Waals surface area (Å²) in [7, 11) is 2.09. The van der Waals surface area contributed by atoms with Crippen molar-refractivity contribution < 1.29 is 0 Å². The van der Waals surface area contributed by atoms with Gasteiger partial charge in [0.15, 0.2) is 0 Å². The number of halogens is 1. The van der Waals surface area contributed by atoms with Gasteiger partial charge in [0.1, 0.15) is 5.82 Å². The van der Waals surface area contributed by atoms with Crippen molar-refractivity contribution >= 4 is 21.7 Å². The fourth-order valence-electron chi connectivity index (χ4n) is 1.62. The molecule has 1 aromatic rings. The molecule has 0 aliphatic carbocycles. The van der Waals surface area contributed by atoms with Crippen molar-refractivity contribution in [1.29, 1.82) is 0 Å². The van der Waals surface area contributed by atoms with Crippen molar-refractivity contribution in [3.8, 4) is 0 Å². The number of hydrogen-bond acceptors (Lipinski definition) is 2. The second kappa shape index (κ2) is 3.05. The third kappa shape index (κ3) is 1.22. The second-order valence-electron chi connectivity index (χ2n) is 3.12. The maximum atomic E-state index is 4.36. The molecule has 0 saturated carbocycles. The number of aromatic nitrogens is 1. The first-order valence-electron chi connectivity index (χ1n) is 4.13. The number of fused-ring (bicyclic) bond motifs is 1. The molecule has 2 rings (SSSR count). The van der Waals surface area contributed by atoms with Crippen LogP contribution in [0.2, 0.25) is 0 Å². The molecule has 0 fully saturated rings. The van der Waals surface area contributed by atoms with E-state index in [1.54, 1.807) is 0 Å². The number of rotatable bonds is 0. The molecule has 2 nitrogen and oxygen atoms in total. The first-order chi connectivity index (χ1) is 5.79. The molecule has 0 saturated heterocycles. The quantitative estimate of drug-likeness (QED) is 0.675. The molecule has 3 heteroatoms. The zero-order chi connectivity index (χ0) is 8.55. The van der Waals surface area contributed by atoms with Gasteiger partial charge in [-0.05, 0) is 18.9 Å². The maximum Gasteiger partial charge on any atom is 0.132 e. The Morgan fingerprint density at radius 3 is 3.17 bits per heavy atom. The zero-order valence-electron chi connectivity index (χ0n) is 7.05. The highest BCUT2D eigenvalue weighted by Gasteiger charge is 2.16. The molecular formula is C9H11BrN2. The van der Waals surface area contributed by atoms with Gasteiger partial charge >= 0.3 is 0 Å². The van der Waals surface area contributed by atoms with Crippen LogP contribution in [0.4, 0.5) is 5.82 Å². The number of pyridine rings is 1. The summed E-state index contributed by atoms with van der Waals surface area (Å²) in [5, 5.41) is 0. The Morgan fingerprint density at radius 1 is 1.58 bits per heavy atom. The first kappa shape index (κ1) is 8.05. The smallest absolute Gasteiger partial charge is 0.132 e. The fourth-order valence-corrected chi connectivity index (χ4v) is 2.11. The third-order valence-corrected chi connectivity index (χ3v) is 3.00. The molecule has 1 aliphatic heterocycles. The lowest BCUT2D eigenvalue weighted by Gasteiger charge is -2.26. The lowest BCUT2D eigenvalue weighted by atomic mass is 10.1. The van der Waals surface area contributed by atoms with Crippen LogP contribution in [0.15, 0.2) is 16.7 Å². The highest BCUT2D eigenvalue weighted by atomic mass is 79.9. The number of hydrogen-bond donors (Lipinski definition) is 0. The molecule has 0 unspecified atom stereocenters. The van der Waals surface area contributed by atoms with Gasteiger partial charge in [0.05, 0.1) is 0 Å². The van der Waals surface area contributed by atoms with Gasteiger partial charge in [-0.15, -0.1) is 0 Å². The minimum absolute atomic E-state index is 1.12. The number of anilines is 1. The van der Waals surface area contributed by atoms with Crippen molar-refractivity contribution in [2.45, 2.75) is 12.8 Å². The van der Waals surface area contributed by atoms with Crippen LogP contribution in [0.1, 0.15) is 12.0 Å². The third-order valence-electron chi connectivity index (χ3n) is 2.26. The van der Waals surface area contributed by atoms with Crippen LogP contribution >= 0.6 is 15.9 Å². The van der Waals surface area contributed by atoms with E-state index in [-0.39, 0.29) is 0 Å². The standard InChI is InChI=1S/C9H11BrN2/c1-12-6-2-3-7-8(10)4-5-11-9(7)12/h4-5H,2-3,6H2,1H3. The van der Waals surface area contributed by atoms with E-state index in [2.05, 4.69) is 32.9 Å². The van der Waals surface area contributed by atoms with E-state index in [0.29, 0.717) is 0 Å². The molecule has 0 amide bonds. The monoisotopic (exact) mass is 226 g/mol. The van der Waals surface area contributed by atoms with Crippen molar-refractivity contribution in [2.75, 3.05) is 18.5 Å². The van der Waals surface area contributed by atoms with Gasteiger partial charge in [-0.2, -0.15) is 0 Å². The Balaban J connectivity index is 2.52. The zero-order valence-corrected chi connectivity index (χ0v) is 8.63. The first-order valence-corrected chi connectivity index (χ1v) is 4.93. The molecule has 0 bridgehead atoms. The molecule has 1 aliphatic rings. The summed E-state index contributed by atoms with van der Waals surface area (Å²) in [6, 6.07) is 2.01. The van der Waals surface area contributed by atoms with Crippen LogP contribution in [-0.4, -0.2) is 18.6 Å². The van der Waals surface area contributed by atoms with Crippen LogP contribution < -0.4 is 4.90 Å².